The van der Waals surface area contributed by atoms with Crippen LogP contribution in [0, 0.1) is 5.92 Å². The molecule has 1 fully saturated rings. The van der Waals surface area contributed by atoms with Crippen LogP contribution in [0.15, 0.2) is 12.8 Å². The highest BCUT2D eigenvalue weighted by Gasteiger charge is 2.17. The zero-order valence-electron chi connectivity index (χ0n) is 6.62. The third kappa shape index (κ3) is 3.06. The number of ether oxygens (including phenoxy) is 1. The second-order valence-corrected chi connectivity index (χ2v) is 4.49. The molecule has 0 aromatic carbocycles. The molecule has 0 bridgehead atoms. The molecule has 0 amide bonds. The first-order valence-electron chi connectivity index (χ1n) is 3.90. The molecule has 0 aliphatic carbocycles. The minimum absolute atomic E-state index is 0.548. The van der Waals surface area contributed by atoms with Crippen molar-refractivity contribution in [2.75, 3.05) is 18.1 Å². The Labute approximate surface area is 70.1 Å². The van der Waals surface area contributed by atoms with E-state index in [1.165, 1.54) is 6.26 Å². The minimum Gasteiger partial charge on any atom is -0.502 e. The lowest BCUT2D eigenvalue weighted by Gasteiger charge is -2.20. The van der Waals surface area contributed by atoms with E-state index in [1.807, 2.05) is 0 Å². The molecule has 64 valence electrons. The van der Waals surface area contributed by atoms with Gasteiger partial charge in [-0.25, -0.2) is 0 Å². The van der Waals surface area contributed by atoms with Crippen molar-refractivity contribution in [1.82, 2.24) is 0 Å². The highest BCUT2D eigenvalue weighted by Crippen LogP contribution is 2.16. The number of hydrogen-bond donors (Lipinski definition) is 0. The Kier molecular flexibility index (Phi) is 3.63. The van der Waals surface area contributed by atoms with Crippen LogP contribution in [-0.2, 0) is 15.5 Å². The summed E-state index contributed by atoms with van der Waals surface area (Å²) in [6, 6.07) is 0. The molecule has 11 heavy (non-hydrogen) atoms. The Morgan fingerprint density at radius 2 is 2.18 bits per heavy atom. The van der Waals surface area contributed by atoms with Gasteiger partial charge in [0.2, 0.25) is 0 Å². The third-order valence-electron chi connectivity index (χ3n) is 1.96. The Balaban J connectivity index is 2.16. The lowest BCUT2D eigenvalue weighted by molar-refractivity contribution is 0.188. The molecule has 0 radical (unpaired) electrons. The zero-order chi connectivity index (χ0) is 8.10. The van der Waals surface area contributed by atoms with Gasteiger partial charge in [0.15, 0.2) is 0 Å². The standard InChI is InChI=1S/C8H14O2S/c1-2-10-7-8-3-5-11(9)6-4-8/h2,8H,1,3-7H2. The maximum Gasteiger partial charge on any atom is 0.0901 e. The quantitative estimate of drug-likeness (QED) is 0.603. The Morgan fingerprint density at radius 3 is 2.73 bits per heavy atom. The number of rotatable bonds is 3. The van der Waals surface area contributed by atoms with Crippen molar-refractivity contribution in [3.05, 3.63) is 12.8 Å². The summed E-state index contributed by atoms with van der Waals surface area (Å²) in [6.07, 6.45) is 3.56. The predicted molar refractivity (Wildman–Crippen MR) is 46.7 cm³/mol. The van der Waals surface area contributed by atoms with E-state index in [0.29, 0.717) is 5.92 Å². The van der Waals surface area contributed by atoms with Crippen molar-refractivity contribution in [3.63, 3.8) is 0 Å². The van der Waals surface area contributed by atoms with Gasteiger partial charge in [-0.15, -0.1) is 0 Å². The molecule has 0 aromatic heterocycles. The van der Waals surface area contributed by atoms with E-state index in [-0.39, 0.29) is 0 Å². The Morgan fingerprint density at radius 1 is 1.55 bits per heavy atom. The largest absolute Gasteiger partial charge is 0.502 e. The first-order valence-corrected chi connectivity index (χ1v) is 5.39. The Bertz CT molecular complexity index is 143. The van der Waals surface area contributed by atoms with Gasteiger partial charge in [-0.1, -0.05) is 6.58 Å². The van der Waals surface area contributed by atoms with Crippen LogP contribution < -0.4 is 0 Å². The summed E-state index contributed by atoms with van der Waals surface area (Å²) < 4.78 is 16.0. The SMILES string of the molecule is C=COCC1CCS(=O)CC1. The lowest BCUT2D eigenvalue weighted by Crippen LogP contribution is -2.21. The zero-order valence-corrected chi connectivity index (χ0v) is 7.44. The van der Waals surface area contributed by atoms with Gasteiger partial charge in [0.1, 0.15) is 0 Å². The topological polar surface area (TPSA) is 26.3 Å². The number of hydrogen-bond acceptors (Lipinski definition) is 2. The van der Waals surface area contributed by atoms with Gasteiger partial charge in [0.25, 0.3) is 0 Å². The normalized spacial score (nSPS) is 31.3. The van der Waals surface area contributed by atoms with Crippen LogP contribution >= 0.6 is 0 Å². The predicted octanol–water partition coefficient (Wildman–Crippen LogP) is 1.31. The molecule has 1 rings (SSSR count). The highest BCUT2D eigenvalue weighted by molar-refractivity contribution is 7.85. The second-order valence-electron chi connectivity index (χ2n) is 2.79. The molecule has 1 aliphatic rings. The fourth-order valence-electron chi connectivity index (χ4n) is 1.21. The summed E-state index contributed by atoms with van der Waals surface area (Å²) in [5.74, 6) is 2.31. The fraction of sp³-hybridized carbons (Fsp3) is 0.750. The van der Waals surface area contributed by atoms with Crippen molar-refractivity contribution < 1.29 is 8.95 Å². The van der Waals surface area contributed by atoms with E-state index in [4.69, 9.17) is 4.74 Å². The van der Waals surface area contributed by atoms with Gasteiger partial charge in [-0.3, -0.25) is 4.21 Å². The molecule has 1 saturated heterocycles. The van der Waals surface area contributed by atoms with Crippen LogP contribution in [0.3, 0.4) is 0 Å². The van der Waals surface area contributed by atoms with Gasteiger partial charge >= 0.3 is 0 Å². The molecule has 3 heteroatoms. The minimum atomic E-state index is -0.548. The van der Waals surface area contributed by atoms with E-state index in [9.17, 15) is 4.21 Å². The summed E-state index contributed by atoms with van der Waals surface area (Å²) >= 11 is 0. The van der Waals surface area contributed by atoms with Crippen LogP contribution in [-0.4, -0.2) is 22.3 Å². The van der Waals surface area contributed by atoms with E-state index >= 15 is 0 Å². The molecular weight excluding hydrogens is 160 g/mol. The monoisotopic (exact) mass is 174 g/mol. The fourth-order valence-corrected chi connectivity index (χ4v) is 2.61. The summed E-state index contributed by atoms with van der Waals surface area (Å²) in [5.41, 5.74) is 0. The summed E-state index contributed by atoms with van der Waals surface area (Å²) in [4.78, 5) is 0. The molecule has 0 unspecified atom stereocenters. The lowest BCUT2D eigenvalue weighted by atomic mass is 10.0. The van der Waals surface area contributed by atoms with Gasteiger partial charge in [0, 0.05) is 22.3 Å². The van der Waals surface area contributed by atoms with E-state index < -0.39 is 10.8 Å². The molecule has 0 spiro atoms. The van der Waals surface area contributed by atoms with Crippen LogP contribution in [0.25, 0.3) is 0 Å². The molecule has 0 atom stereocenters. The van der Waals surface area contributed by atoms with Gasteiger partial charge < -0.3 is 4.74 Å². The molecule has 2 nitrogen and oxygen atoms in total. The Hall–Kier alpha value is -0.310. The van der Waals surface area contributed by atoms with Gasteiger partial charge in [-0.2, -0.15) is 0 Å². The summed E-state index contributed by atoms with van der Waals surface area (Å²) in [7, 11) is -0.548. The maximum atomic E-state index is 10.9. The van der Waals surface area contributed by atoms with E-state index in [1.54, 1.807) is 0 Å². The average molecular weight is 174 g/mol. The smallest absolute Gasteiger partial charge is 0.0901 e. The highest BCUT2D eigenvalue weighted by atomic mass is 32.2. The molecule has 0 aromatic rings. The summed E-state index contributed by atoms with van der Waals surface area (Å²) in [6.45, 7) is 4.23. The van der Waals surface area contributed by atoms with Crippen molar-refractivity contribution in [2.24, 2.45) is 5.92 Å². The average Bonchev–Trinajstić information content (AvgIpc) is 2.04. The molecule has 0 N–H and O–H groups in total. The van der Waals surface area contributed by atoms with Crippen molar-refractivity contribution in [3.8, 4) is 0 Å². The molecular formula is C8H14O2S. The maximum absolute atomic E-state index is 10.9. The molecule has 1 heterocycles. The van der Waals surface area contributed by atoms with Crippen LogP contribution in [0.1, 0.15) is 12.8 Å². The van der Waals surface area contributed by atoms with Crippen LogP contribution in [0.2, 0.25) is 0 Å². The van der Waals surface area contributed by atoms with Crippen molar-refractivity contribution >= 4 is 10.8 Å². The second kappa shape index (κ2) is 4.54. The van der Waals surface area contributed by atoms with Crippen molar-refractivity contribution in [1.29, 1.82) is 0 Å². The van der Waals surface area contributed by atoms with E-state index in [0.717, 1.165) is 31.0 Å². The third-order valence-corrected chi connectivity index (χ3v) is 3.34. The van der Waals surface area contributed by atoms with E-state index in [2.05, 4.69) is 6.58 Å². The van der Waals surface area contributed by atoms with Gasteiger partial charge in [0.05, 0.1) is 12.9 Å². The van der Waals surface area contributed by atoms with Crippen LogP contribution in [0.5, 0.6) is 0 Å². The van der Waals surface area contributed by atoms with Gasteiger partial charge in [-0.05, 0) is 18.8 Å². The molecule has 1 aliphatic heterocycles. The van der Waals surface area contributed by atoms with Crippen molar-refractivity contribution in [2.45, 2.75) is 12.8 Å². The first kappa shape index (κ1) is 8.78. The van der Waals surface area contributed by atoms with Crippen LogP contribution in [0.4, 0.5) is 0 Å². The molecule has 0 saturated carbocycles. The summed E-state index contributed by atoms with van der Waals surface area (Å²) in [5, 5.41) is 0. The first-order chi connectivity index (χ1) is 5.33.